The fraction of sp³-hybridized carbons (Fsp3) is 0.524. The van der Waals surface area contributed by atoms with Gasteiger partial charge in [-0.25, -0.2) is 13.1 Å². The standard InChI is InChI=1S/C21H30N2O2S2/c1-17(2)23-13-10-20(11-14-23)16-19-7-5-18(6-8-19)9-12-22-27(24,25)21-4-3-15-26-21/h3-8,15,17,20,22H,9-14,16H2,1-2H3. The molecule has 1 saturated heterocycles. The van der Waals surface area contributed by atoms with Gasteiger partial charge in [-0.1, -0.05) is 30.3 Å². The van der Waals surface area contributed by atoms with Crippen molar-refractivity contribution in [2.75, 3.05) is 19.6 Å². The first-order valence-electron chi connectivity index (χ1n) is 9.79. The summed E-state index contributed by atoms with van der Waals surface area (Å²) in [7, 11) is -3.36. The smallest absolute Gasteiger partial charge is 0.250 e. The molecule has 2 heterocycles. The van der Waals surface area contributed by atoms with Gasteiger partial charge in [0.1, 0.15) is 4.21 Å². The van der Waals surface area contributed by atoms with E-state index in [4.69, 9.17) is 0 Å². The first kappa shape index (κ1) is 20.5. The molecule has 1 N–H and O–H groups in total. The predicted molar refractivity (Wildman–Crippen MR) is 113 cm³/mol. The van der Waals surface area contributed by atoms with Crippen LogP contribution in [0.3, 0.4) is 0 Å². The van der Waals surface area contributed by atoms with Crippen LogP contribution in [0.1, 0.15) is 37.8 Å². The molecule has 1 aromatic heterocycles. The van der Waals surface area contributed by atoms with E-state index in [1.807, 2.05) is 0 Å². The minimum atomic E-state index is -3.36. The number of sulfonamides is 1. The van der Waals surface area contributed by atoms with Crippen LogP contribution in [0.15, 0.2) is 46.0 Å². The molecule has 0 unspecified atom stereocenters. The molecule has 2 aromatic rings. The van der Waals surface area contributed by atoms with Gasteiger partial charge in [-0.05, 0) is 81.1 Å². The summed E-state index contributed by atoms with van der Waals surface area (Å²) >= 11 is 1.24. The van der Waals surface area contributed by atoms with Crippen molar-refractivity contribution in [3.8, 4) is 0 Å². The van der Waals surface area contributed by atoms with Gasteiger partial charge in [0.25, 0.3) is 0 Å². The van der Waals surface area contributed by atoms with Crippen LogP contribution in [-0.4, -0.2) is 39.0 Å². The Kier molecular flexibility index (Phi) is 7.09. The third-order valence-corrected chi connectivity index (χ3v) is 8.25. The summed E-state index contributed by atoms with van der Waals surface area (Å²) < 4.78 is 27.3. The number of likely N-dealkylation sites (tertiary alicyclic amines) is 1. The maximum absolute atomic E-state index is 12.1. The molecule has 0 amide bonds. The topological polar surface area (TPSA) is 49.4 Å². The number of benzene rings is 1. The molecule has 0 aliphatic carbocycles. The Morgan fingerprint density at radius 3 is 2.37 bits per heavy atom. The number of rotatable bonds is 8. The van der Waals surface area contributed by atoms with Gasteiger partial charge < -0.3 is 4.90 Å². The largest absolute Gasteiger partial charge is 0.301 e. The Balaban J connectivity index is 1.44. The molecule has 0 spiro atoms. The quantitative estimate of drug-likeness (QED) is 0.723. The number of hydrogen-bond acceptors (Lipinski definition) is 4. The Morgan fingerprint density at radius 2 is 1.78 bits per heavy atom. The fourth-order valence-corrected chi connectivity index (χ4v) is 5.74. The maximum Gasteiger partial charge on any atom is 0.250 e. The number of nitrogens with one attached hydrogen (secondary N) is 1. The molecule has 0 radical (unpaired) electrons. The molecule has 1 aliphatic rings. The van der Waals surface area contributed by atoms with E-state index in [0.717, 1.165) is 12.3 Å². The molecule has 3 rings (SSSR count). The molecule has 1 fully saturated rings. The van der Waals surface area contributed by atoms with E-state index in [9.17, 15) is 8.42 Å². The van der Waals surface area contributed by atoms with Crippen molar-refractivity contribution >= 4 is 21.4 Å². The van der Waals surface area contributed by atoms with Crippen molar-refractivity contribution in [2.24, 2.45) is 5.92 Å². The molecule has 0 saturated carbocycles. The minimum Gasteiger partial charge on any atom is -0.301 e. The summed E-state index contributed by atoms with van der Waals surface area (Å²) in [5.74, 6) is 0.781. The van der Waals surface area contributed by atoms with E-state index in [0.29, 0.717) is 23.2 Å². The minimum absolute atomic E-state index is 0.376. The zero-order valence-corrected chi connectivity index (χ0v) is 17.9. The summed E-state index contributed by atoms with van der Waals surface area (Å²) in [4.78, 5) is 2.57. The number of hydrogen-bond donors (Lipinski definition) is 1. The lowest BCUT2D eigenvalue weighted by Gasteiger charge is -2.34. The SMILES string of the molecule is CC(C)N1CCC(Cc2ccc(CCNS(=O)(=O)c3cccs3)cc2)CC1. The highest BCUT2D eigenvalue weighted by atomic mass is 32.2. The highest BCUT2D eigenvalue weighted by Gasteiger charge is 2.21. The van der Waals surface area contributed by atoms with Crippen LogP contribution in [0.2, 0.25) is 0 Å². The molecule has 1 aromatic carbocycles. The highest BCUT2D eigenvalue weighted by Crippen LogP contribution is 2.23. The van der Waals surface area contributed by atoms with Crippen molar-refractivity contribution in [1.29, 1.82) is 0 Å². The van der Waals surface area contributed by atoms with Crippen LogP contribution >= 0.6 is 11.3 Å². The average Bonchev–Trinajstić information content (AvgIpc) is 3.19. The van der Waals surface area contributed by atoms with Gasteiger partial charge in [0.15, 0.2) is 0 Å². The van der Waals surface area contributed by atoms with Crippen LogP contribution < -0.4 is 4.72 Å². The number of thiophene rings is 1. The summed E-state index contributed by atoms with van der Waals surface area (Å²) in [6, 6.07) is 12.7. The van der Waals surface area contributed by atoms with Gasteiger partial charge in [-0.3, -0.25) is 0 Å². The summed E-state index contributed by atoms with van der Waals surface area (Å²) in [5, 5.41) is 1.78. The normalized spacial score (nSPS) is 16.9. The zero-order valence-electron chi connectivity index (χ0n) is 16.2. The predicted octanol–water partition coefficient (Wildman–Crippen LogP) is 3.93. The first-order valence-corrected chi connectivity index (χ1v) is 12.2. The monoisotopic (exact) mass is 406 g/mol. The van der Waals surface area contributed by atoms with Crippen molar-refractivity contribution in [1.82, 2.24) is 9.62 Å². The van der Waals surface area contributed by atoms with Crippen molar-refractivity contribution < 1.29 is 8.42 Å². The van der Waals surface area contributed by atoms with E-state index in [1.165, 1.54) is 48.4 Å². The lowest BCUT2D eigenvalue weighted by Crippen LogP contribution is -2.38. The molecular formula is C21H30N2O2S2. The van der Waals surface area contributed by atoms with Crippen molar-refractivity contribution in [2.45, 2.75) is 49.8 Å². The molecule has 1 aliphatic heterocycles. The maximum atomic E-state index is 12.1. The van der Waals surface area contributed by atoms with Crippen LogP contribution in [0, 0.1) is 5.92 Å². The molecule has 148 valence electrons. The van der Waals surface area contributed by atoms with E-state index in [1.54, 1.807) is 17.5 Å². The van der Waals surface area contributed by atoms with Crippen LogP contribution in [0.5, 0.6) is 0 Å². The van der Waals surface area contributed by atoms with Gasteiger partial charge >= 0.3 is 0 Å². The van der Waals surface area contributed by atoms with E-state index in [-0.39, 0.29) is 0 Å². The molecule has 6 heteroatoms. The van der Waals surface area contributed by atoms with Crippen LogP contribution in [0.25, 0.3) is 0 Å². The Labute approximate surface area is 167 Å². The van der Waals surface area contributed by atoms with E-state index < -0.39 is 10.0 Å². The Morgan fingerprint density at radius 1 is 1.11 bits per heavy atom. The van der Waals surface area contributed by atoms with Crippen LogP contribution in [-0.2, 0) is 22.9 Å². The van der Waals surface area contributed by atoms with Gasteiger partial charge in [0.05, 0.1) is 0 Å². The third-order valence-electron chi connectivity index (χ3n) is 5.39. The number of nitrogens with zero attached hydrogens (tertiary/aromatic N) is 1. The zero-order chi connectivity index (χ0) is 19.3. The second-order valence-electron chi connectivity index (χ2n) is 7.67. The lowest BCUT2D eigenvalue weighted by molar-refractivity contribution is 0.149. The fourth-order valence-electron chi connectivity index (χ4n) is 3.67. The molecule has 27 heavy (non-hydrogen) atoms. The van der Waals surface area contributed by atoms with Gasteiger partial charge in [0.2, 0.25) is 10.0 Å². The van der Waals surface area contributed by atoms with Crippen LogP contribution in [0.4, 0.5) is 0 Å². The Hall–Kier alpha value is -1.21. The molecular weight excluding hydrogens is 376 g/mol. The second-order valence-corrected chi connectivity index (χ2v) is 10.6. The highest BCUT2D eigenvalue weighted by molar-refractivity contribution is 7.91. The van der Waals surface area contributed by atoms with Gasteiger partial charge in [-0.15, -0.1) is 11.3 Å². The lowest BCUT2D eigenvalue weighted by atomic mass is 9.89. The first-order chi connectivity index (χ1) is 12.9. The average molecular weight is 407 g/mol. The third kappa shape index (κ3) is 5.88. The summed E-state index contributed by atoms with van der Waals surface area (Å²) in [6.07, 6.45) is 4.42. The molecule has 0 bridgehead atoms. The molecule has 0 atom stereocenters. The summed E-state index contributed by atoms with van der Waals surface area (Å²) in [5.41, 5.74) is 2.56. The van der Waals surface area contributed by atoms with Gasteiger partial charge in [-0.2, -0.15) is 0 Å². The van der Waals surface area contributed by atoms with E-state index >= 15 is 0 Å². The molecule has 4 nitrogen and oxygen atoms in total. The van der Waals surface area contributed by atoms with Crippen molar-refractivity contribution in [3.05, 3.63) is 52.9 Å². The van der Waals surface area contributed by atoms with Gasteiger partial charge in [0, 0.05) is 12.6 Å². The Bertz CT molecular complexity index is 791. The summed E-state index contributed by atoms with van der Waals surface area (Å²) in [6.45, 7) is 7.40. The second kappa shape index (κ2) is 9.32. The number of piperidine rings is 1. The van der Waals surface area contributed by atoms with Crippen molar-refractivity contribution in [3.63, 3.8) is 0 Å². The van der Waals surface area contributed by atoms with E-state index in [2.05, 4.69) is 47.7 Å².